The van der Waals surface area contributed by atoms with Crippen LogP contribution in [0.5, 0.6) is 5.75 Å². The summed E-state index contributed by atoms with van der Waals surface area (Å²) in [6.07, 6.45) is 4.11. The summed E-state index contributed by atoms with van der Waals surface area (Å²) in [6, 6.07) is 13.0. The molecule has 1 heterocycles. The molecule has 0 saturated carbocycles. The normalized spacial score (nSPS) is 11.0. The van der Waals surface area contributed by atoms with Gasteiger partial charge in [-0.15, -0.1) is 10.2 Å². The second-order valence-electron chi connectivity index (χ2n) is 5.42. The number of aromatic nitrogens is 2. The van der Waals surface area contributed by atoms with E-state index in [1.54, 1.807) is 11.8 Å². The summed E-state index contributed by atoms with van der Waals surface area (Å²) in [5.41, 5.74) is 1.45. The number of amides is 1. The van der Waals surface area contributed by atoms with E-state index in [0.29, 0.717) is 16.4 Å². The molecule has 0 unspecified atom stereocenters. The fourth-order valence-corrected chi connectivity index (χ4v) is 4.47. The quantitative estimate of drug-likeness (QED) is 0.357. The third-order valence-electron chi connectivity index (χ3n) is 3.50. The standard InChI is InChI=1S/C19H15Cl2N3O2S2/c1-26-16-14(20)10-13(11-15(16)21)17(25)22-18-23-24-19(28-18)27-9-5-8-12-6-3-2-4-7-12/h2-8,10-11H,9H2,1H3,(H,22,23,25)/b8-5+. The van der Waals surface area contributed by atoms with Gasteiger partial charge >= 0.3 is 0 Å². The SMILES string of the molecule is COc1c(Cl)cc(C(=O)Nc2nnc(SC/C=C/c3ccccc3)s2)cc1Cl. The lowest BCUT2D eigenvalue weighted by molar-refractivity contribution is 0.102. The number of methoxy groups -OCH3 is 1. The molecule has 3 aromatic rings. The predicted molar refractivity (Wildman–Crippen MR) is 117 cm³/mol. The van der Waals surface area contributed by atoms with Crippen molar-refractivity contribution in [3.63, 3.8) is 0 Å². The highest BCUT2D eigenvalue weighted by Crippen LogP contribution is 2.34. The van der Waals surface area contributed by atoms with Gasteiger partial charge in [0.15, 0.2) is 10.1 Å². The number of carbonyl (C=O) groups excluding carboxylic acids is 1. The maximum Gasteiger partial charge on any atom is 0.257 e. The molecule has 0 atom stereocenters. The van der Waals surface area contributed by atoms with Gasteiger partial charge in [-0.2, -0.15) is 0 Å². The number of nitrogens with zero attached hydrogens (tertiary/aromatic N) is 2. The van der Waals surface area contributed by atoms with Gasteiger partial charge in [-0.05, 0) is 17.7 Å². The van der Waals surface area contributed by atoms with Crippen LogP contribution in [0.1, 0.15) is 15.9 Å². The molecular formula is C19H15Cl2N3O2S2. The van der Waals surface area contributed by atoms with Crippen LogP contribution in [0.15, 0.2) is 52.9 Å². The zero-order valence-corrected chi connectivity index (χ0v) is 17.8. The van der Waals surface area contributed by atoms with Crippen LogP contribution in [0.4, 0.5) is 5.13 Å². The predicted octanol–water partition coefficient (Wildman–Crippen LogP) is 5.91. The summed E-state index contributed by atoms with van der Waals surface area (Å²) in [5.74, 6) is 0.711. The molecule has 0 spiro atoms. The van der Waals surface area contributed by atoms with Crippen molar-refractivity contribution in [1.29, 1.82) is 0 Å². The van der Waals surface area contributed by atoms with Crippen molar-refractivity contribution < 1.29 is 9.53 Å². The van der Waals surface area contributed by atoms with Crippen LogP contribution in [0.3, 0.4) is 0 Å². The number of benzene rings is 2. The van der Waals surface area contributed by atoms with E-state index in [9.17, 15) is 4.79 Å². The summed E-state index contributed by atoms with van der Waals surface area (Å²) >= 11 is 15.0. The van der Waals surface area contributed by atoms with Crippen LogP contribution < -0.4 is 10.1 Å². The number of carbonyl (C=O) groups is 1. The van der Waals surface area contributed by atoms with Crippen molar-refractivity contribution in [2.45, 2.75) is 4.34 Å². The first kappa shape index (κ1) is 20.7. The highest BCUT2D eigenvalue weighted by atomic mass is 35.5. The van der Waals surface area contributed by atoms with Crippen molar-refractivity contribution in [3.05, 3.63) is 69.7 Å². The van der Waals surface area contributed by atoms with Crippen molar-refractivity contribution in [1.82, 2.24) is 10.2 Å². The monoisotopic (exact) mass is 451 g/mol. The highest BCUT2D eigenvalue weighted by molar-refractivity contribution is 8.01. The molecule has 1 aromatic heterocycles. The van der Waals surface area contributed by atoms with Gasteiger partial charge in [0.2, 0.25) is 5.13 Å². The van der Waals surface area contributed by atoms with Crippen molar-refractivity contribution in [3.8, 4) is 5.75 Å². The van der Waals surface area contributed by atoms with E-state index < -0.39 is 0 Å². The first-order valence-electron chi connectivity index (χ1n) is 8.09. The maximum absolute atomic E-state index is 12.4. The molecule has 1 N–H and O–H groups in total. The third-order valence-corrected chi connectivity index (χ3v) is 5.99. The van der Waals surface area contributed by atoms with Gasteiger partial charge in [-0.25, -0.2) is 0 Å². The fourth-order valence-electron chi connectivity index (χ4n) is 2.24. The second kappa shape index (κ2) is 9.93. The minimum Gasteiger partial charge on any atom is -0.494 e. The van der Waals surface area contributed by atoms with Crippen LogP contribution >= 0.6 is 46.3 Å². The van der Waals surface area contributed by atoms with Gasteiger partial charge in [0.25, 0.3) is 5.91 Å². The Morgan fingerprint density at radius 2 is 1.93 bits per heavy atom. The van der Waals surface area contributed by atoms with Crippen LogP contribution in [-0.2, 0) is 0 Å². The Morgan fingerprint density at radius 1 is 1.21 bits per heavy atom. The van der Waals surface area contributed by atoms with Gasteiger partial charge < -0.3 is 4.74 Å². The Hall–Kier alpha value is -2.06. The molecule has 0 aliphatic heterocycles. The minimum atomic E-state index is -0.372. The third kappa shape index (κ3) is 5.48. The molecule has 0 saturated heterocycles. The average Bonchev–Trinajstić information content (AvgIpc) is 3.13. The molecule has 144 valence electrons. The smallest absolute Gasteiger partial charge is 0.257 e. The molecule has 1 amide bonds. The van der Waals surface area contributed by atoms with E-state index in [-0.39, 0.29) is 16.0 Å². The molecule has 9 heteroatoms. The van der Waals surface area contributed by atoms with Crippen LogP contribution in [-0.4, -0.2) is 29.0 Å². The van der Waals surface area contributed by atoms with Gasteiger partial charge in [0.1, 0.15) is 0 Å². The zero-order chi connectivity index (χ0) is 19.9. The Bertz CT molecular complexity index is 971. The molecule has 0 aliphatic rings. The summed E-state index contributed by atoms with van der Waals surface area (Å²) in [6.45, 7) is 0. The van der Waals surface area contributed by atoms with E-state index in [4.69, 9.17) is 27.9 Å². The molecule has 0 aliphatic carbocycles. The van der Waals surface area contributed by atoms with Crippen molar-refractivity contribution in [2.75, 3.05) is 18.2 Å². The largest absolute Gasteiger partial charge is 0.494 e. The second-order valence-corrected chi connectivity index (χ2v) is 8.48. The Labute approximate surface area is 180 Å². The number of rotatable bonds is 7. The van der Waals surface area contributed by atoms with Gasteiger partial charge in [0, 0.05) is 11.3 Å². The van der Waals surface area contributed by atoms with E-state index in [2.05, 4.69) is 21.6 Å². The molecule has 28 heavy (non-hydrogen) atoms. The Kier molecular flexibility index (Phi) is 7.33. The maximum atomic E-state index is 12.4. The van der Waals surface area contributed by atoms with Gasteiger partial charge in [0.05, 0.1) is 17.2 Å². The van der Waals surface area contributed by atoms with Crippen LogP contribution in [0.25, 0.3) is 6.08 Å². The summed E-state index contributed by atoms with van der Waals surface area (Å²) in [5, 5.41) is 11.7. The minimum absolute atomic E-state index is 0.263. The Balaban J connectivity index is 1.57. The molecule has 3 rings (SSSR count). The molecule has 0 radical (unpaired) electrons. The fraction of sp³-hybridized carbons (Fsp3) is 0.105. The van der Waals surface area contributed by atoms with Crippen molar-refractivity contribution in [2.24, 2.45) is 0 Å². The first-order chi connectivity index (χ1) is 13.6. The van der Waals surface area contributed by atoms with Gasteiger partial charge in [-0.3, -0.25) is 10.1 Å². The molecule has 2 aromatic carbocycles. The van der Waals surface area contributed by atoms with Crippen LogP contribution in [0.2, 0.25) is 10.0 Å². The number of nitrogens with one attached hydrogen (secondary N) is 1. The topological polar surface area (TPSA) is 64.1 Å². The van der Waals surface area contributed by atoms with E-state index in [1.165, 1.54) is 30.6 Å². The number of hydrogen-bond acceptors (Lipinski definition) is 6. The number of thioether (sulfide) groups is 1. The lowest BCUT2D eigenvalue weighted by atomic mass is 10.2. The number of hydrogen-bond donors (Lipinski definition) is 1. The first-order valence-corrected chi connectivity index (χ1v) is 10.6. The molecule has 5 nitrogen and oxygen atoms in total. The average molecular weight is 452 g/mol. The van der Waals surface area contributed by atoms with Gasteiger partial charge in [-0.1, -0.05) is 88.8 Å². The number of halogens is 2. The lowest BCUT2D eigenvalue weighted by Crippen LogP contribution is -2.12. The molecule has 0 bridgehead atoms. The van der Waals surface area contributed by atoms with E-state index in [0.717, 1.165) is 15.7 Å². The number of ether oxygens (including phenoxy) is 1. The lowest BCUT2D eigenvalue weighted by Gasteiger charge is -2.08. The zero-order valence-electron chi connectivity index (χ0n) is 14.7. The highest BCUT2D eigenvalue weighted by Gasteiger charge is 2.15. The molecule has 0 fully saturated rings. The van der Waals surface area contributed by atoms with E-state index >= 15 is 0 Å². The van der Waals surface area contributed by atoms with Crippen molar-refractivity contribution >= 4 is 63.4 Å². The number of anilines is 1. The molecular weight excluding hydrogens is 437 g/mol. The summed E-state index contributed by atoms with van der Waals surface area (Å²) in [7, 11) is 1.46. The summed E-state index contributed by atoms with van der Waals surface area (Å²) in [4.78, 5) is 12.4. The van der Waals surface area contributed by atoms with E-state index in [1.807, 2.05) is 36.4 Å². The summed E-state index contributed by atoms with van der Waals surface area (Å²) < 4.78 is 5.85. The van der Waals surface area contributed by atoms with Crippen LogP contribution in [0, 0.1) is 0 Å². The Morgan fingerprint density at radius 3 is 2.61 bits per heavy atom.